The maximum Gasteiger partial charge on any atom is 0.416 e. The highest BCUT2D eigenvalue weighted by Crippen LogP contribution is 2.41. The summed E-state index contributed by atoms with van der Waals surface area (Å²) in [5.74, 6) is -2.85. The standard InChI is InChI=1S/C17H17F3O4/c1-23-15(21)12-8-7-10(9-13(12)16(22)24-2)11-5-3-4-6-14(11)17(18,19)20/h3-7,12-13H,8-9H2,1-2H3. The van der Waals surface area contributed by atoms with Crippen molar-refractivity contribution in [1.29, 1.82) is 0 Å². The van der Waals surface area contributed by atoms with E-state index in [0.29, 0.717) is 5.57 Å². The minimum absolute atomic E-state index is 0.0144. The lowest BCUT2D eigenvalue weighted by atomic mass is 9.77. The average Bonchev–Trinajstić information content (AvgIpc) is 2.59. The highest BCUT2D eigenvalue weighted by molar-refractivity contribution is 5.86. The molecule has 0 spiro atoms. The summed E-state index contributed by atoms with van der Waals surface area (Å²) in [5, 5.41) is 0. The van der Waals surface area contributed by atoms with Crippen molar-refractivity contribution in [3.8, 4) is 0 Å². The number of hydrogen-bond acceptors (Lipinski definition) is 4. The van der Waals surface area contributed by atoms with Gasteiger partial charge in [-0.05, 0) is 30.0 Å². The van der Waals surface area contributed by atoms with Gasteiger partial charge in [-0.3, -0.25) is 9.59 Å². The lowest BCUT2D eigenvalue weighted by Gasteiger charge is -2.28. The van der Waals surface area contributed by atoms with Gasteiger partial charge in [0.25, 0.3) is 0 Å². The molecule has 2 atom stereocenters. The largest absolute Gasteiger partial charge is 0.469 e. The molecule has 1 aliphatic rings. The van der Waals surface area contributed by atoms with Gasteiger partial charge in [0.1, 0.15) is 0 Å². The number of methoxy groups -OCH3 is 2. The molecule has 130 valence electrons. The first kappa shape index (κ1) is 18.0. The molecule has 0 saturated carbocycles. The zero-order chi connectivity index (χ0) is 17.9. The Bertz CT molecular complexity index is 664. The van der Waals surface area contributed by atoms with Crippen molar-refractivity contribution in [3.63, 3.8) is 0 Å². The molecule has 1 aromatic carbocycles. The molecule has 0 bridgehead atoms. The van der Waals surface area contributed by atoms with Gasteiger partial charge in [0.15, 0.2) is 0 Å². The van der Waals surface area contributed by atoms with Crippen LogP contribution in [-0.2, 0) is 25.2 Å². The van der Waals surface area contributed by atoms with Crippen molar-refractivity contribution in [2.45, 2.75) is 19.0 Å². The number of allylic oxidation sites excluding steroid dienone is 2. The van der Waals surface area contributed by atoms with Gasteiger partial charge >= 0.3 is 18.1 Å². The van der Waals surface area contributed by atoms with Crippen molar-refractivity contribution in [2.24, 2.45) is 11.8 Å². The Kier molecular flexibility index (Phi) is 5.31. The molecular formula is C17H17F3O4. The fraction of sp³-hybridized carbons (Fsp3) is 0.412. The topological polar surface area (TPSA) is 52.6 Å². The fourth-order valence-electron chi connectivity index (χ4n) is 2.94. The molecule has 0 N–H and O–H groups in total. The van der Waals surface area contributed by atoms with Crippen LogP contribution in [0.5, 0.6) is 0 Å². The van der Waals surface area contributed by atoms with E-state index in [4.69, 9.17) is 4.74 Å². The minimum Gasteiger partial charge on any atom is -0.469 e. The van der Waals surface area contributed by atoms with Crippen molar-refractivity contribution in [2.75, 3.05) is 14.2 Å². The molecule has 7 heteroatoms. The van der Waals surface area contributed by atoms with Gasteiger partial charge in [-0.1, -0.05) is 24.3 Å². The van der Waals surface area contributed by atoms with Gasteiger partial charge in [-0.2, -0.15) is 13.2 Å². The Morgan fingerprint density at radius 1 is 1.04 bits per heavy atom. The molecule has 0 aliphatic heterocycles. The lowest BCUT2D eigenvalue weighted by Crippen LogP contribution is -2.33. The lowest BCUT2D eigenvalue weighted by molar-refractivity contribution is -0.157. The first-order valence-corrected chi connectivity index (χ1v) is 7.30. The molecule has 4 nitrogen and oxygen atoms in total. The molecule has 1 aromatic rings. The number of hydrogen-bond donors (Lipinski definition) is 0. The van der Waals surface area contributed by atoms with Crippen molar-refractivity contribution in [3.05, 3.63) is 41.5 Å². The first-order chi connectivity index (χ1) is 11.3. The molecule has 0 radical (unpaired) electrons. The molecule has 24 heavy (non-hydrogen) atoms. The summed E-state index contributed by atoms with van der Waals surface area (Å²) < 4.78 is 49.0. The molecule has 0 aromatic heterocycles. The van der Waals surface area contributed by atoms with Gasteiger partial charge in [0.2, 0.25) is 0 Å². The van der Waals surface area contributed by atoms with Crippen LogP contribution in [0.3, 0.4) is 0 Å². The smallest absolute Gasteiger partial charge is 0.416 e. The highest BCUT2D eigenvalue weighted by Gasteiger charge is 2.40. The van der Waals surface area contributed by atoms with E-state index in [-0.39, 0.29) is 18.4 Å². The average molecular weight is 342 g/mol. The molecule has 0 amide bonds. The zero-order valence-corrected chi connectivity index (χ0v) is 13.2. The number of esters is 2. The molecule has 0 fully saturated rings. The zero-order valence-electron chi connectivity index (χ0n) is 13.2. The SMILES string of the molecule is COC(=O)C1CC=C(c2ccccc2C(F)(F)F)CC1C(=O)OC. The van der Waals surface area contributed by atoms with E-state index < -0.39 is 35.5 Å². The van der Waals surface area contributed by atoms with E-state index >= 15 is 0 Å². The Balaban J connectivity index is 2.42. The molecule has 1 aliphatic carbocycles. The molecule has 0 saturated heterocycles. The van der Waals surface area contributed by atoms with Gasteiger partial charge in [0, 0.05) is 0 Å². The second kappa shape index (κ2) is 7.07. The second-order valence-electron chi connectivity index (χ2n) is 5.47. The summed E-state index contributed by atoms with van der Waals surface area (Å²) in [6, 6.07) is 5.17. The van der Waals surface area contributed by atoms with E-state index in [1.165, 1.54) is 32.4 Å². The van der Waals surface area contributed by atoms with Crippen LogP contribution in [0.4, 0.5) is 13.2 Å². The number of carbonyl (C=O) groups is 2. The summed E-state index contributed by atoms with van der Waals surface area (Å²) >= 11 is 0. The normalized spacial score (nSPS) is 21.0. The molecular weight excluding hydrogens is 325 g/mol. The molecule has 2 unspecified atom stereocenters. The summed E-state index contributed by atoms with van der Waals surface area (Å²) in [6.45, 7) is 0. The number of ether oxygens (including phenoxy) is 2. The Morgan fingerprint density at radius 3 is 2.21 bits per heavy atom. The summed E-state index contributed by atoms with van der Waals surface area (Å²) in [5.41, 5.74) is -0.378. The van der Waals surface area contributed by atoms with E-state index in [0.717, 1.165) is 6.07 Å². The Hall–Kier alpha value is -2.31. The number of rotatable bonds is 3. The third kappa shape index (κ3) is 3.60. The van der Waals surface area contributed by atoms with Crippen LogP contribution in [0, 0.1) is 11.8 Å². The van der Waals surface area contributed by atoms with Crippen LogP contribution in [0.25, 0.3) is 5.57 Å². The monoisotopic (exact) mass is 342 g/mol. The first-order valence-electron chi connectivity index (χ1n) is 7.30. The number of carbonyl (C=O) groups excluding carboxylic acids is 2. The maximum absolute atomic E-state index is 13.2. The van der Waals surface area contributed by atoms with Crippen molar-refractivity contribution >= 4 is 17.5 Å². The van der Waals surface area contributed by atoms with Crippen LogP contribution in [0.1, 0.15) is 24.0 Å². The second-order valence-corrected chi connectivity index (χ2v) is 5.47. The minimum atomic E-state index is -4.50. The van der Waals surface area contributed by atoms with Gasteiger partial charge < -0.3 is 9.47 Å². The van der Waals surface area contributed by atoms with E-state index in [2.05, 4.69) is 4.74 Å². The van der Waals surface area contributed by atoms with Crippen LogP contribution < -0.4 is 0 Å². The number of benzene rings is 1. The van der Waals surface area contributed by atoms with Gasteiger partial charge in [-0.15, -0.1) is 0 Å². The van der Waals surface area contributed by atoms with E-state index in [1.807, 2.05) is 0 Å². The fourth-order valence-corrected chi connectivity index (χ4v) is 2.94. The maximum atomic E-state index is 13.2. The molecule has 2 rings (SSSR count). The number of halogens is 3. The van der Waals surface area contributed by atoms with E-state index in [9.17, 15) is 22.8 Å². The third-order valence-electron chi connectivity index (χ3n) is 4.13. The Morgan fingerprint density at radius 2 is 1.62 bits per heavy atom. The summed E-state index contributed by atoms with van der Waals surface area (Å²) in [6.07, 6.45) is -2.84. The third-order valence-corrected chi connectivity index (χ3v) is 4.13. The highest BCUT2D eigenvalue weighted by atomic mass is 19.4. The van der Waals surface area contributed by atoms with Crippen molar-refractivity contribution < 1.29 is 32.2 Å². The summed E-state index contributed by atoms with van der Waals surface area (Å²) in [4.78, 5) is 23.8. The van der Waals surface area contributed by atoms with E-state index in [1.54, 1.807) is 6.08 Å². The van der Waals surface area contributed by atoms with Crippen LogP contribution in [0.15, 0.2) is 30.3 Å². The Labute approximate surface area is 137 Å². The predicted molar refractivity (Wildman–Crippen MR) is 79.7 cm³/mol. The van der Waals surface area contributed by atoms with Crippen LogP contribution in [-0.4, -0.2) is 26.2 Å². The van der Waals surface area contributed by atoms with Crippen molar-refractivity contribution in [1.82, 2.24) is 0 Å². The van der Waals surface area contributed by atoms with Gasteiger partial charge in [-0.25, -0.2) is 0 Å². The molecule has 0 heterocycles. The predicted octanol–water partition coefficient (Wildman–Crippen LogP) is 3.46. The van der Waals surface area contributed by atoms with Crippen LogP contribution >= 0.6 is 0 Å². The van der Waals surface area contributed by atoms with Gasteiger partial charge in [0.05, 0.1) is 31.6 Å². The number of alkyl halides is 3. The van der Waals surface area contributed by atoms with Crippen LogP contribution in [0.2, 0.25) is 0 Å². The quantitative estimate of drug-likeness (QED) is 0.790. The summed E-state index contributed by atoms with van der Waals surface area (Å²) in [7, 11) is 2.38.